The summed E-state index contributed by atoms with van der Waals surface area (Å²) in [4.78, 5) is 25.4. The molecule has 1 saturated heterocycles. The average molecular weight is 457 g/mol. The molecule has 1 unspecified atom stereocenters. The van der Waals surface area contributed by atoms with E-state index in [1.807, 2.05) is 17.5 Å². The van der Waals surface area contributed by atoms with Gasteiger partial charge in [-0.05, 0) is 42.5 Å². The van der Waals surface area contributed by atoms with Crippen LogP contribution in [0.2, 0.25) is 0 Å². The van der Waals surface area contributed by atoms with E-state index >= 15 is 0 Å². The zero-order valence-electron chi connectivity index (χ0n) is 16.6. The summed E-state index contributed by atoms with van der Waals surface area (Å²) in [6, 6.07) is 9.09. The molecule has 2 aliphatic rings. The number of fused-ring (bicyclic) bond motifs is 1. The predicted molar refractivity (Wildman–Crippen MR) is 118 cm³/mol. The molecular formula is C21H20N4O4S2. The van der Waals surface area contributed by atoms with Crippen LogP contribution in [0.25, 0.3) is 10.7 Å². The number of carbonyl (C=O) groups is 2. The second kappa shape index (κ2) is 8.81. The van der Waals surface area contributed by atoms with Gasteiger partial charge in [-0.15, -0.1) is 21.5 Å². The summed E-state index contributed by atoms with van der Waals surface area (Å²) in [5.41, 5.74) is 1.04. The Morgan fingerprint density at radius 1 is 1.32 bits per heavy atom. The highest BCUT2D eigenvalue weighted by molar-refractivity contribution is 7.99. The lowest BCUT2D eigenvalue weighted by atomic mass is 10.1. The van der Waals surface area contributed by atoms with Crippen molar-refractivity contribution in [1.29, 1.82) is 0 Å². The van der Waals surface area contributed by atoms with Gasteiger partial charge in [0.05, 0.1) is 29.0 Å². The Morgan fingerprint density at radius 3 is 3.06 bits per heavy atom. The highest BCUT2D eigenvalue weighted by atomic mass is 32.2. The van der Waals surface area contributed by atoms with E-state index in [1.54, 1.807) is 29.5 Å². The first-order valence-electron chi connectivity index (χ1n) is 9.99. The number of thiophene rings is 1. The Kier molecular flexibility index (Phi) is 5.75. The summed E-state index contributed by atoms with van der Waals surface area (Å²) in [6.07, 6.45) is 2.20. The van der Waals surface area contributed by atoms with Crippen LogP contribution >= 0.6 is 23.1 Å². The maximum atomic E-state index is 12.8. The molecule has 0 aliphatic carbocycles. The third kappa shape index (κ3) is 4.36. The number of ketones is 1. The van der Waals surface area contributed by atoms with Crippen LogP contribution in [-0.4, -0.2) is 51.5 Å². The molecule has 1 fully saturated rings. The second-order valence-corrected chi connectivity index (χ2v) is 9.18. The van der Waals surface area contributed by atoms with Crippen LogP contribution in [0.15, 0.2) is 40.9 Å². The van der Waals surface area contributed by atoms with Crippen molar-refractivity contribution in [2.45, 2.75) is 30.6 Å². The number of benzene rings is 1. The second-order valence-electron chi connectivity index (χ2n) is 7.29. The van der Waals surface area contributed by atoms with Gasteiger partial charge in [0.2, 0.25) is 0 Å². The number of rotatable bonds is 7. The third-order valence-corrected chi connectivity index (χ3v) is 6.97. The molecular weight excluding hydrogens is 436 g/mol. The first-order chi connectivity index (χ1) is 15.2. The van der Waals surface area contributed by atoms with Crippen molar-refractivity contribution in [3.05, 3.63) is 41.3 Å². The molecule has 31 heavy (non-hydrogen) atoms. The molecule has 1 atom stereocenters. The lowest BCUT2D eigenvalue weighted by molar-refractivity contribution is -0.118. The Morgan fingerprint density at radius 2 is 2.26 bits per heavy atom. The van der Waals surface area contributed by atoms with E-state index in [0.717, 1.165) is 30.2 Å². The fourth-order valence-electron chi connectivity index (χ4n) is 3.61. The molecule has 0 radical (unpaired) electrons. The largest absolute Gasteiger partial charge is 0.482 e. The molecule has 1 amide bonds. The van der Waals surface area contributed by atoms with Gasteiger partial charge in [-0.3, -0.25) is 14.2 Å². The van der Waals surface area contributed by atoms with Crippen molar-refractivity contribution in [3.63, 3.8) is 0 Å². The maximum Gasteiger partial charge on any atom is 0.262 e. The van der Waals surface area contributed by atoms with Gasteiger partial charge >= 0.3 is 0 Å². The fourth-order valence-corrected chi connectivity index (χ4v) is 5.17. The summed E-state index contributed by atoms with van der Waals surface area (Å²) < 4.78 is 13.2. The van der Waals surface area contributed by atoms with Crippen molar-refractivity contribution in [1.82, 2.24) is 14.8 Å². The zero-order valence-corrected chi connectivity index (χ0v) is 18.2. The first-order valence-corrected chi connectivity index (χ1v) is 11.9. The topological polar surface area (TPSA) is 95.3 Å². The third-order valence-electron chi connectivity index (χ3n) is 5.14. The van der Waals surface area contributed by atoms with Crippen molar-refractivity contribution in [2.24, 2.45) is 0 Å². The van der Waals surface area contributed by atoms with Gasteiger partial charge in [-0.1, -0.05) is 17.8 Å². The van der Waals surface area contributed by atoms with Crippen LogP contribution in [0.5, 0.6) is 5.75 Å². The minimum atomic E-state index is -0.227. The van der Waals surface area contributed by atoms with Crippen LogP contribution < -0.4 is 10.1 Å². The fraction of sp³-hybridized carbons (Fsp3) is 0.333. The molecule has 160 valence electrons. The van der Waals surface area contributed by atoms with Crippen LogP contribution in [-0.2, 0) is 16.1 Å². The minimum absolute atomic E-state index is 0.0108. The molecule has 4 heterocycles. The molecule has 0 bridgehead atoms. The van der Waals surface area contributed by atoms with E-state index in [2.05, 4.69) is 20.1 Å². The molecule has 10 heteroatoms. The monoisotopic (exact) mass is 456 g/mol. The highest BCUT2D eigenvalue weighted by Gasteiger charge is 2.23. The molecule has 1 N–H and O–H groups in total. The Labute approximate surface area is 187 Å². The average Bonchev–Trinajstić information content (AvgIpc) is 3.54. The van der Waals surface area contributed by atoms with Crippen LogP contribution in [0.1, 0.15) is 23.2 Å². The van der Waals surface area contributed by atoms with Crippen LogP contribution in [0.4, 0.5) is 5.69 Å². The van der Waals surface area contributed by atoms with Gasteiger partial charge < -0.3 is 14.8 Å². The van der Waals surface area contributed by atoms with E-state index < -0.39 is 0 Å². The quantitative estimate of drug-likeness (QED) is 0.429. The van der Waals surface area contributed by atoms with Gasteiger partial charge in [0.1, 0.15) is 5.75 Å². The number of Topliss-reactive ketones (excluding diaryl/α,β-unsaturated/α-hetero) is 1. The molecule has 5 rings (SSSR count). The zero-order chi connectivity index (χ0) is 21.2. The summed E-state index contributed by atoms with van der Waals surface area (Å²) in [5.74, 6) is 1.29. The number of ether oxygens (including phenoxy) is 2. The highest BCUT2D eigenvalue weighted by Crippen LogP contribution is 2.31. The molecule has 3 aromatic rings. The van der Waals surface area contributed by atoms with E-state index in [-0.39, 0.29) is 30.2 Å². The minimum Gasteiger partial charge on any atom is -0.482 e. The van der Waals surface area contributed by atoms with Crippen molar-refractivity contribution >= 4 is 40.5 Å². The van der Waals surface area contributed by atoms with Crippen molar-refractivity contribution in [2.75, 3.05) is 24.3 Å². The van der Waals surface area contributed by atoms with E-state index in [4.69, 9.17) is 9.47 Å². The van der Waals surface area contributed by atoms with E-state index in [1.165, 1.54) is 11.8 Å². The standard InChI is InChI=1S/C21H20N4O4S2/c26-16(13-5-6-17-15(9-13)22-19(27)11-29-17)12-31-21-24-23-20(18-4-2-8-30-18)25(21)10-14-3-1-7-28-14/h2,4-6,8-9,14H,1,3,7,10-12H2,(H,22,27). The van der Waals surface area contributed by atoms with Crippen molar-refractivity contribution in [3.8, 4) is 16.5 Å². The maximum absolute atomic E-state index is 12.8. The number of aromatic nitrogens is 3. The molecule has 0 spiro atoms. The Bertz CT molecular complexity index is 1110. The summed E-state index contributed by atoms with van der Waals surface area (Å²) in [7, 11) is 0. The molecule has 0 saturated carbocycles. The van der Waals surface area contributed by atoms with Gasteiger partial charge in [0.15, 0.2) is 23.4 Å². The van der Waals surface area contributed by atoms with Crippen LogP contribution in [0.3, 0.4) is 0 Å². The normalized spacial score (nSPS) is 17.8. The number of carbonyl (C=O) groups excluding carboxylic acids is 2. The van der Waals surface area contributed by atoms with Gasteiger partial charge in [-0.2, -0.15) is 0 Å². The summed E-state index contributed by atoms with van der Waals surface area (Å²) in [6.45, 7) is 1.43. The number of thioether (sulfide) groups is 1. The van der Waals surface area contributed by atoms with Crippen LogP contribution in [0, 0.1) is 0 Å². The SMILES string of the molecule is O=C1COc2ccc(C(=O)CSc3nnc(-c4cccs4)n3CC3CCCO3)cc2N1. The molecule has 2 aliphatic heterocycles. The van der Waals surface area contributed by atoms with Gasteiger partial charge in [0.25, 0.3) is 5.91 Å². The molecule has 2 aromatic heterocycles. The number of amides is 1. The number of anilines is 1. The smallest absolute Gasteiger partial charge is 0.262 e. The van der Waals surface area contributed by atoms with Gasteiger partial charge in [-0.25, -0.2) is 0 Å². The Hall–Kier alpha value is -2.69. The lowest BCUT2D eigenvalue weighted by Crippen LogP contribution is -2.25. The first kappa shape index (κ1) is 20.2. The summed E-state index contributed by atoms with van der Waals surface area (Å²) in [5, 5.41) is 14.2. The number of nitrogens with one attached hydrogen (secondary N) is 1. The Balaban J connectivity index is 1.33. The lowest BCUT2D eigenvalue weighted by Gasteiger charge is -2.18. The number of hydrogen-bond donors (Lipinski definition) is 1. The number of hydrogen-bond acceptors (Lipinski definition) is 8. The predicted octanol–water partition coefficient (Wildman–Crippen LogP) is 3.49. The molecule has 1 aromatic carbocycles. The number of nitrogens with zero attached hydrogens (tertiary/aromatic N) is 3. The van der Waals surface area contributed by atoms with Crippen molar-refractivity contribution < 1.29 is 19.1 Å². The molecule has 8 nitrogen and oxygen atoms in total. The van der Waals surface area contributed by atoms with E-state index in [9.17, 15) is 9.59 Å². The van der Waals surface area contributed by atoms with E-state index in [0.29, 0.717) is 28.7 Å². The van der Waals surface area contributed by atoms with Gasteiger partial charge in [0, 0.05) is 12.2 Å². The summed E-state index contributed by atoms with van der Waals surface area (Å²) >= 11 is 2.97.